The van der Waals surface area contributed by atoms with Crippen molar-refractivity contribution in [2.24, 2.45) is 0 Å². The van der Waals surface area contributed by atoms with Crippen molar-refractivity contribution < 1.29 is 13.6 Å². The fourth-order valence-corrected chi connectivity index (χ4v) is 2.04. The topological polar surface area (TPSA) is 44.1 Å². The maximum absolute atomic E-state index is 13.3. The second-order valence-electron chi connectivity index (χ2n) is 3.48. The molecule has 0 spiro atoms. The van der Waals surface area contributed by atoms with Crippen molar-refractivity contribution in [1.82, 2.24) is 4.31 Å². The highest BCUT2D eigenvalue weighted by atomic mass is 32.2. The van der Waals surface area contributed by atoms with Crippen molar-refractivity contribution in [3.8, 4) is 6.07 Å². The van der Waals surface area contributed by atoms with E-state index in [1.165, 1.54) is 23.5 Å². The second-order valence-corrected chi connectivity index (χ2v) is 4.53. The van der Waals surface area contributed by atoms with Crippen LogP contribution in [0.25, 0.3) is 0 Å². The fraction of sp³-hybridized carbons (Fsp3) is 0.0769. The minimum atomic E-state index is -1.19. The number of halogens is 2. The van der Waals surface area contributed by atoms with Gasteiger partial charge in [-0.1, -0.05) is 13.2 Å². The largest absolute Gasteiger partial charge is 0.293 e. The molecule has 0 aliphatic rings. The maximum Gasteiger partial charge on any atom is 0.176 e. The molecule has 0 aliphatic heterocycles. The van der Waals surface area contributed by atoms with Gasteiger partial charge < -0.3 is 0 Å². The molecule has 3 nitrogen and oxygen atoms in total. The third-order valence-corrected chi connectivity index (χ3v) is 3.18. The van der Waals surface area contributed by atoms with Gasteiger partial charge in [-0.2, -0.15) is 5.26 Å². The van der Waals surface area contributed by atoms with E-state index in [0.29, 0.717) is 0 Å². The average Bonchev–Trinajstić information content (AvgIpc) is 2.38. The summed E-state index contributed by atoms with van der Waals surface area (Å²) in [4.78, 5) is 11.5. The molecule has 0 radical (unpaired) electrons. The van der Waals surface area contributed by atoms with Gasteiger partial charge in [0.25, 0.3) is 0 Å². The van der Waals surface area contributed by atoms with Crippen LogP contribution in [-0.4, -0.2) is 10.1 Å². The van der Waals surface area contributed by atoms with Crippen LogP contribution in [0, 0.1) is 23.0 Å². The van der Waals surface area contributed by atoms with E-state index < -0.39 is 17.2 Å². The number of hydrogen-bond donors (Lipinski definition) is 0. The zero-order chi connectivity index (χ0) is 14.6. The first-order valence-corrected chi connectivity index (χ1v) is 5.86. The van der Waals surface area contributed by atoms with Crippen LogP contribution in [0.2, 0.25) is 0 Å². The van der Waals surface area contributed by atoms with Crippen LogP contribution in [0.1, 0.15) is 12.5 Å². The Kier molecular flexibility index (Phi) is 4.84. The van der Waals surface area contributed by atoms with Crippen LogP contribution in [0.4, 0.5) is 8.78 Å². The van der Waals surface area contributed by atoms with Crippen molar-refractivity contribution in [2.45, 2.75) is 11.8 Å². The molecule has 0 atom stereocenters. The average molecular weight is 280 g/mol. The molecule has 1 aromatic rings. The molecular weight excluding hydrogens is 270 g/mol. The number of hydrogen-bond acceptors (Lipinski definition) is 4. The Labute approximate surface area is 114 Å². The third kappa shape index (κ3) is 3.42. The van der Waals surface area contributed by atoms with Crippen molar-refractivity contribution in [3.63, 3.8) is 0 Å². The van der Waals surface area contributed by atoms with Crippen molar-refractivity contribution >= 4 is 17.7 Å². The number of rotatable bonds is 5. The number of ketones is 1. The second kappa shape index (κ2) is 6.16. The number of nitrogens with zero attached hydrogens (tertiary/aromatic N) is 2. The molecule has 1 rings (SSSR count). The van der Waals surface area contributed by atoms with Crippen molar-refractivity contribution in [3.05, 3.63) is 54.4 Å². The van der Waals surface area contributed by atoms with Gasteiger partial charge in [-0.05, 0) is 24.1 Å². The molecule has 19 heavy (non-hydrogen) atoms. The number of carbonyl (C=O) groups excluding carboxylic acids is 1. The van der Waals surface area contributed by atoms with Gasteiger partial charge >= 0.3 is 0 Å². The SMILES string of the molecule is C=CN(Sc1cc(F)c(F)c(C#N)c1)C(=C)C(C)=O. The third-order valence-electron chi connectivity index (χ3n) is 2.16. The maximum atomic E-state index is 13.3. The van der Waals surface area contributed by atoms with Gasteiger partial charge in [0, 0.05) is 18.0 Å². The summed E-state index contributed by atoms with van der Waals surface area (Å²) in [5.74, 6) is -2.60. The summed E-state index contributed by atoms with van der Waals surface area (Å²) < 4.78 is 27.8. The molecule has 98 valence electrons. The van der Waals surface area contributed by atoms with Crippen molar-refractivity contribution in [2.75, 3.05) is 0 Å². The van der Waals surface area contributed by atoms with Gasteiger partial charge in [-0.25, -0.2) is 8.78 Å². The predicted molar refractivity (Wildman–Crippen MR) is 68.8 cm³/mol. The van der Waals surface area contributed by atoms with Gasteiger partial charge in [-0.3, -0.25) is 9.10 Å². The van der Waals surface area contributed by atoms with Gasteiger partial charge in [0.2, 0.25) is 0 Å². The zero-order valence-corrected chi connectivity index (χ0v) is 10.9. The molecule has 0 fully saturated rings. The van der Waals surface area contributed by atoms with Gasteiger partial charge in [-0.15, -0.1) is 0 Å². The number of allylic oxidation sites excluding steroid dienone is 1. The molecule has 0 N–H and O–H groups in total. The summed E-state index contributed by atoms with van der Waals surface area (Å²) in [5, 5.41) is 8.68. The highest BCUT2D eigenvalue weighted by Crippen LogP contribution is 2.29. The Morgan fingerprint density at radius 3 is 2.63 bits per heavy atom. The number of benzene rings is 1. The number of Topliss-reactive ketones (excluding diaryl/α,β-unsaturated/α-hetero) is 1. The summed E-state index contributed by atoms with van der Waals surface area (Å²) in [7, 11) is 0. The van der Waals surface area contributed by atoms with E-state index in [1.54, 1.807) is 6.07 Å². The van der Waals surface area contributed by atoms with Crippen LogP contribution in [0.3, 0.4) is 0 Å². The Balaban J connectivity index is 3.09. The number of nitriles is 1. The summed E-state index contributed by atoms with van der Waals surface area (Å²) in [6.45, 7) is 8.38. The minimum Gasteiger partial charge on any atom is -0.293 e. The monoisotopic (exact) mass is 280 g/mol. The Bertz CT molecular complexity index is 593. The minimum absolute atomic E-state index is 0.142. The lowest BCUT2D eigenvalue weighted by Crippen LogP contribution is -2.12. The van der Waals surface area contributed by atoms with E-state index in [2.05, 4.69) is 13.2 Å². The Morgan fingerprint density at radius 1 is 1.53 bits per heavy atom. The lowest BCUT2D eigenvalue weighted by molar-refractivity contribution is -0.114. The Morgan fingerprint density at radius 2 is 2.16 bits per heavy atom. The molecule has 0 aliphatic carbocycles. The van der Waals surface area contributed by atoms with Crippen LogP contribution in [0.15, 0.2) is 42.1 Å². The first-order chi connectivity index (χ1) is 8.90. The lowest BCUT2D eigenvalue weighted by atomic mass is 10.2. The summed E-state index contributed by atoms with van der Waals surface area (Å²) in [5.41, 5.74) is -0.261. The molecule has 0 aromatic heterocycles. The first-order valence-electron chi connectivity index (χ1n) is 5.09. The quantitative estimate of drug-likeness (QED) is 0.612. The summed E-state index contributed by atoms with van der Waals surface area (Å²) in [6.07, 6.45) is 1.32. The van der Waals surface area contributed by atoms with E-state index >= 15 is 0 Å². The van der Waals surface area contributed by atoms with E-state index in [4.69, 9.17) is 5.26 Å². The normalized spacial score (nSPS) is 9.58. The van der Waals surface area contributed by atoms with Crippen LogP contribution < -0.4 is 0 Å². The smallest absolute Gasteiger partial charge is 0.176 e. The lowest BCUT2D eigenvalue weighted by Gasteiger charge is -2.19. The molecule has 0 amide bonds. The van der Waals surface area contributed by atoms with E-state index in [1.807, 2.05) is 0 Å². The predicted octanol–water partition coefficient (Wildman–Crippen LogP) is 3.39. The molecular formula is C13H10F2N2OS. The van der Waals surface area contributed by atoms with Crippen LogP contribution in [-0.2, 0) is 4.79 Å². The highest BCUT2D eigenvalue weighted by Gasteiger charge is 2.15. The fourth-order valence-electron chi connectivity index (χ4n) is 1.17. The first kappa shape index (κ1) is 14.9. The van der Waals surface area contributed by atoms with Gasteiger partial charge in [0.15, 0.2) is 17.4 Å². The summed E-state index contributed by atoms with van der Waals surface area (Å²) in [6, 6.07) is 3.68. The highest BCUT2D eigenvalue weighted by molar-refractivity contribution is 7.97. The zero-order valence-electron chi connectivity index (χ0n) is 10.1. The molecule has 0 saturated heterocycles. The molecule has 0 unspecified atom stereocenters. The summed E-state index contributed by atoms with van der Waals surface area (Å²) >= 11 is 0.915. The van der Waals surface area contributed by atoms with Crippen molar-refractivity contribution in [1.29, 1.82) is 5.26 Å². The van der Waals surface area contributed by atoms with Crippen LogP contribution in [0.5, 0.6) is 0 Å². The molecule has 6 heteroatoms. The van der Waals surface area contributed by atoms with E-state index in [-0.39, 0.29) is 16.4 Å². The van der Waals surface area contributed by atoms with Gasteiger partial charge in [0.05, 0.1) is 11.3 Å². The standard InChI is InChI=1S/C13H10F2N2OS/c1-4-17(8(2)9(3)18)19-11-5-10(7-16)13(15)12(14)6-11/h4-6H,1-2H2,3H3. The molecule has 0 heterocycles. The molecule has 1 aromatic carbocycles. The molecule has 0 saturated carbocycles. The van der Waals surface area contributed by atoms with E-state index in [0.717, 1.165) is 18.0 Å². The van der Waals surface area contributed by atoms with Gasteiger partial charge in [0.1, 0.15) is 6.07 Å². The van der Waals surface area contributed by atoms with E-state index in [9.17, 15) is 13.6 Å². The van der Waals surface area contributed by atoms with Crippen LogP contribution >= 0.6 is 11.9 Å². The molecule has 0 bridgehead atoms. The Hall–Kier alpha value is -2.13. The number of carbonyl (C=O) groups is 1.